The van der Waals surface area contributed by atoms with Crippen molar-refractivity contribution in [3.05, 3.63) is 11.4 Å². The van der Waals surface area contributed by atoms with Gasteiger partial charge in [-0.1, -0.05) is 0 Å². The molecule has 1 amide bonds. The Labute approximate surface area is 123 Å². The molecule has 0 saturated carbocycles. The van der Waals surface area contributed by atoms with Gasteiger partial charge in [0.25, 0.3) is 5.91 Å². The lowest BCUT2D eigenvalue weighted by atomic mass is 9.99. The number of aryl methyl sites for hydroxylation is 2. The summed E-state index contributed by atoms with van der Waals surface area (Å²) in [6.45, 7) is 5.54. The maximum Gasteiger partial charge on any atom is 0.329 e. The zero-order chi connectivity index (χ0) is 15.8. The Bertz CT molecular complexity index is 581. The van der Waals surface area contributed by atoms with E-state index in [4.69, 9.17) is 4.74 Å². The maximum absolute atomic E-state index is 12.3. The van der Waals surface area contributed by atoms with Crippen molar-refractivity contribution in [3.63, 3.8) is 0 Å². The molecule has 21 heavy (non-hydrogen) atoms. The molecule has 0 aromatic carbocycles. The molecule has 1 N–H and O–H groups in total. The van der Waals surface area contributed by atoms with Crippen LogP contribution < -0.4 is 4.74 Å². The van der Waals surface area contributed by atoms with Gasteiger partial charge in [0.2, 0.25) is 0 Å². The van der Waals surface area contributed by atoms with Gasteiger partial charge in [-0.2, -0.15) is 5.10 Å². The minimum Gasteiger partial charge on any atom is -0.480 e. The summed E-state index contributed by atoms with van der Waals surface area (Å²) in [6, 6.07) is 0. The molecule has 1 aliphatic rings. The number of amides is 1. The average Bonchev–Trinajstić information content (AvgIpc) is 2.91. The highest BCUT2D eigenvalue weighted by atomic mass is 16.5. The number of hydrogen-bond acceptors (Lipinski definition) is 4. The highest BCUT2D eigenvalue weighted by molar-refractivity contribution is 5.88. The standard InChI is InChI=1S/C14H21N3O4/c1-9-12(10(2)16(4)15-9)21-8-11(18)17-7-5-6-14(17,3)13(19)20/h5-8H2,1-4H3,(H,19,20). The van der Waals surface area contributed by atoms with E-state index in [2.05, 4.69) is 5.10 Å². The van der Waals surface area contributed by atoms with Crippen molar-refractivity contribution >= 4 is 11.9 Å². The number of nitrogens with zero attached hydrogens (tertiary/aromatic N) is 3. The number of hydrogen-bond donors (Lipinski definition) is 1. The highest BCUT2D eigenvalue weighted by Gasteiger charge is 2.45. The maximum atomic E-state index is 12.3. The third-order valence-electron chi connectivity index (χ3n) is 4.19. The minimum atomic E-state index is -1.13. The van der Waals surface area contributed by atoms with E-state index in [9.17, 15) is 14.7 Å². The van der Waals surface area contributed by atoms with Crippen LogP contribution in [0.4, 0.5) is 0 Å². The number of rotatable bonds is 4. The topological polar surface area (TPSA) is 84.7 Å². The normalized spacial score (nSPS) is 21.6. The zero-order valence-corrected chi connectivity index (χ0v) is 12.8. The molecule has 1 unspecified atom stereocenters. The van der Waals surface area contributed by atoms with Gasteiger partial charge < -0.3 is 14.7 Å². The van der Waals surface area contributed by atoms with Gasteiger partial charge >= 0.3 is 5.97 Å². The van der Waals surface area contributed by atoms with Crippen LogP contribution >= 0.6 is 0 Å². The molecule has 2 rings (SSSR count). The van der Waals surface area contributed by atoms with Gasteiger partial charge in [-0.05, 0) is 33.6 Å². The first-order chi connectivity index (χ1) is 9.77. The fraction of sp³-hybridized carbons (Fsp3) is 0.643. The molecule has 7 heteroatoms. The minimum absolute atomic E-state index is 0.170. The average molecular weight is 295 g/mol. The van der Waals surface area contributed by atoms with Crippen LogP contribution in [0.25, 0.3) is 0 Å². The first-order valence-corrected chi connectivity index (χ1v) is 6.94. The predicted molar refractivity (Wildman–Crippen MR) is 75.2 cm³/mol. The molecule has 1 aliphatic heterocycles. The number of carboxylic acids is 1. The van der Waals surface area contributed by atoms with E-state index >= 15 is 0 Å². The number of likely N-dealkylation sites (tertiary alicyclic amines) is 1. The summed E-state index contributed by atoms with van der Waals surface area (Å²) in [5.74, 6) is -0.691. The van der Waals surface area contributed by atoms with Crippen molar-refractivity contribution in [2.45, 2.75) is 39.2 Å². The number of carbonyl (C=O) groups is 2. The molecule has 1 fully saturated rings. The van der Waals surface area contributed by atoms with E-state index in [0.29, 0.717) is 30.8 Å². The van der Waals surface area contributed by atoms with Crippen molar-refractivity contribution in [3.8, 4) is 5.75 Å². The molecular weight excluding hydrogens is 274 g/mol. The van der Waals surface area contributed by atoms with Crippen LogP contribution in [-0.4, -0.2) is 50.4 Å². The fourth-order valence-corrected chi connectivity index (χ4v) is 2.76. The monoisotopic (exact) mass is 295 g/mol. The third kappa shape index (κ3) is 2.59. The summed E-state index contributed by atoms with van der Waals surface area (Å²) in [7, 11) is 1.80. The molecule has 0 spiro atoms. The van der Waals surface area contributed by atoms with Crippen LogP contribution in [0.15, 0.2) is 0 Å². The molecule has 0 bridgehead atoms. The Hall–Kier alpha value is -2.05. The first-order valence-electron chi connectivity index (χ1n) is 6.94. The van der Waals surface area contributed by atoms with Gasteiger partial charge in [0.15, 0.2) is 12.4 Å². The third-order valence-corrected chi connectivity index (χ3v) is 4.19. The Kier molecular flexibility index (Phi) is 3.93. The van der Waals surface area contributed by atoms with E-state index < -0.39 is 11.5 Å². The number of carbonyl (C=O) groups excluding carboxylic acids is 1. The quantitative estimate of drug-likeness (QED) is 0.891. The fourth-order valence-electron chi connectivity index (χ4n) is 2.76. The van der Waals surface area contributed by atoms with Gasteiger partial charge in [-0.25, -0.2) is 4.79 Å². The molecule has 1 aromatic rings. The van der Waals surface area contributed by atoms with Crippen LogP contribution in [0.3, 0.4) is 0 Å². The summed E-state index contributed by atoms with van der Waals surface area (Å²) in [5.41, 5.74) is 0.423. The molecular formula is C14H21N3O4. The Balaban J connectivity index is 2.07. The second-order valence-electron chi connectivity index (χ2n) is 5.64. The summed E-state index contributed by atoms with van der Waals surface area (Å²) in [6.07, 6.45) is 1.17. The van der Waals surface area contributed by atoms with E-state index in [1.54, 1.807) is 18.7 Å². The summed E-state index contributed by atoms with van der Waals surface area (Å²) >= 11 is 0. The molecule has 1 aromatic heterocycles. The lowest BCUT2D eigenvalue weighted by Gasteiger charge is -2.31. The van der Waals surface area contributed by atoms with Crippen molar-refractivity contribution in [2.75, 3.05) is 13.2 Å². The Morgan fingerprint density at radius 3 is 2.62 bits per heavy atom. The molecule has 0 aliphatic carbocycles. The summed E-state index contributed by atoms with van der Waals surface area (Å²) in [4.78, 5) is 25.1. The van der Waals surface area contributed by atoms with Gasteiger partial charge in [0, 0.05) is 13.6 Å². The van der Waals surface area contributed by atoms with E-state index in [0.717, 1.165) is 5.69 Å². The number of carboxylic acid groups (broad SMARTS) is 1. The SMILES string of the molecule is Cc1nn(C)c(C)c1OCC(=O)N1CCCC1(C)C(=O)O. The van der Waals surface area contributed by atoms with Crippen LogP contribution in [0, 0.1) is 13.8 Å². The smallest absolute Gasteiger partial charge is 0.329 e. The predicted octanol–water partition coefficient (Wildman–Crippen LogP) is 0.881. The van der Waals surface area contributed by atoms with Gasteiger partial charge in [0.1, 0.15) is 11.2 Å². The largest absolute Gasteiger partial charge is 0.480 e. The molecule has 116 valence electrons. The number of ether oxygens (including phenoxy) is 1. The van der Waals surface area contributed by atoms with Gasteiger partial charge in [-0.3, -0.25) is 9.48 Å². The Morgan fingerprint density at radius 1 is 1.43 bits per heavy atom. The van der Waals surface area contributed by atoms with Gasteiger partial charge in [-0.15, -0.1) is 0 Å². The molecule has 2 heterocycles. The van der Waals surface area contributed by atoms with Gasteiger partial charge in [0.05, 0.1) is 5.69 Å². The lowest BCUT2D eigenvalue weighted by Crippen LogP contribution is -2.52. The van der Waals surface area contributed by atoms with Crippen LogP contribution in [0.5, 0.6) is 5.75 Å². The molecule has 1 saturated heterocycles. The van der Waals surface area contributed by atoms with E-state index in [1.165, 1.54) is 4.90 Å². The number of aromatic nitrogens is 2. The Morgan fingerprint density at radius 2 is 2.10 bits per heavy atom. The van der Waals surface area contributed by atoms with Crippen LogP contribution in [-0.2, 0) is 16.6 Å². The van der Waals surface area contributed by atoms with Crippen molar-refractivity contribution in [1.29, 1.82) is 0 Å². The second kappa shape index (κ2) is 5.38. The van der Waals surface area contributed by atoms with Crippen molar-refractivity contribution in [2.24, 2.45) is 7.05 Å². The first kappa shape index (κ1) is 15.3. The molecule has 1 atom stereocenters. The second-order valence-corrected chi connectivity index (χ2v) is 5.64. The molecule has 7 nitrogen and oxygen atoms in total. The van der Waals surface area contributed by atoms with E-state index in [1.807, 2.05) is 13.8 Å². The highest BCUT2D eigenvalue weighted by Crippen LogP contribution is 2.29. The van der Waals surface area contributed by atoms with Crippen molar-refractivity contribution < 1.29 is 19.4 Å². The van der Waals surface area contributed by atoms with E-state index in [-0.39, 0.29) is 12.5 Å². The van der Waals surface area contributed by atoms with Crippen LogP contribution in [0.1, 0.15) is 31.2 Å². The number of aliphatic carboxylic acids is 1. The summed E-state index contributed by atoms with van der Waals surface area (Å²) < 4.78 is 7.26. The van der Waals surface area contributed by atoms with Crippen LogP contribution in [0.2, 0.25) is 0 Å². The lowest BCUT2D eigenvalue weighted by molar-refractivity contribution is -0.156. The zero-order valence-electron chi connectivity index (χ0n) is 12.8. The van der Waals surface area contributed by atoms with Crippen molar-refractivity contribution in [1.82, 2.24) is 14.7 Å². The molecule has 0 radical (unpaired) electrons. The summed E-state index contributed by atoms with van der Waals surface area (Å²) in [5, 5.41) is 13.5.